The zero-order chi connectivity index (χ0) is 10.3. The van der Waals surface area contributed by atoms with Gasteiger partial charge in [-0.25, -0.2) is 0 Å². The van der Waals surface area contributed by atoms with Crippen molar-refractivity contribution in [2.75, 3.05) is 0 Å². The lowest BCUT2D eigenvalue weighted by Crippen LogP contribution is -2.47. The molecule has 0 aromatic heterocycles. The fourth-order valence-electron chi connectivity index (χ4n) is 1.88. The van der Waals surface area contributed by atoms with Gasteiger partial charge in [-0.15, -0.1) is 0 Å². The molecule has 0 aliphatic heterocycles. The van der Waals surface area contributed by atoms with Crippen LogP contribution in [-0.2, 0) is 0 Å². The summed E-state index contributed by atoms with van der Waals surface area (Å²) in [5.41, 5.74) is 0.0231. The molecule has 2 nitrogen and oxygen atoms in total. The van der Waals surface area contributed by atoms with Crippen LogP contribution < -0.4 is 5.32 Å². The predicted octanol–water partition coefficient (Wildman–Crippen LogP) is 3.17. The summed E-state index contributed by atoms with van der Waals surface area (Å²) >= 11 is 4.68. The monoisotopic (exact) mass is 203 g/mol. The molecule has 0 saturated heterocycles. The van der Waals surface area contributed by atoms with Crippen LogP contribution in [0, 0.1) is 0 Å². The van der Waals surface area contributed by atoms with Crippen LogP contribution in [0.15, 0.2) is 0 Å². The maximum absolute atomic E-state index is 9.09. The molecule has 0 aromatic carbocycles. The van der Waals surface area contributed by atoms with Crippen molar-refractivity contribution in [1.82, 2.24) is 5.32 Å². The molecule has 13 heavy (non-hydrogen) atoms. The summed E-state index contributed by atoms with van der Waals surface area (Å²) in [7, 11) is 0. The largest absolute Gasteiger partial charge is 0.487 e. The molecule has 0 aliphatic carbocycles. The van der Waals surface area contributed by atoms with Gasteiger partial charge in [-0.3, -0.25) is 0 Å². The van der Waals surface area contributed by atoms with Gasteiger partial charge in [0.2, 0.25) is 0 Å². The molecule has 0 spiro atoms. The van der Waals surface area contributed by atoms with Gasteiger partial charge >= 0.3 is 0 Å². The third-order valence-corrected chi connectivity index (χ3v) is 2.61. The van der Waals surface area contributed by atoms with E-state index in [4.69, 9.17) is 5.11 Å². The number of rotatable bonds is 6. The molecule has 0 aromatic rings. The lowest BCUT2D eigenvalue weighted by molar-refractivity contribution is 0.292. The van der Waals surface area contributed by atoms with Crippen molar-refractivity contribution in [2.24, 2.45) is 0 Å². The minimum atomic E-state index is -0.0660. The van der Waals surface area contributed by atoms with Crippen LogP contribution in [0.1, 0.15) is 52.9 Å². The smallest absolute Gasteiger partial charge is 0.254 e. The second-order valence-electron chi connectivity index (χ2n) is 3.56. The van der Waals surface area contributed by atoms with Crippen LogP contribution in [0.3, 0.4) is 0 Å². The van der Waals surface area contributed by atoms with Gasteiger partial charge in [0.25, 0.3) is 5.17 Å². The summed E-state index contributed by atoms with van der Waals surface area (Å²) in [5.74, 6) is 0. The van der Waals surface area contributed by atoms with Crippen LogP contribution in [0.25, 0.3) is 0 Å². The first-order valence-electron chi connectivity index (χ1n) is 5.11. The van der Waals surface area contributed by atoms with Gasteiger partial charge in [0.1, 0.15) is 0 Å². The normalized spacial score (nSPS) is 11.3. The molecule has 0 rings (SSSR count). The highest BCUT2D eigenvalue weighted by atomic mass is 32.1. The van der Waals surface area contributed by atoms with E-state index in [9.17, 15) is 0 Å². The lowest BCUT2D eigenvalue weighted by Gasteiger charge is -2.33. The Morgan fingerprint density at radius 3 is 1.92 bits per heavy atom. The first kappa shape index (κ1) is 12.7. The van der Waals surface area contributed by atoms with Crippen molar-refractivity contribution in [2.45, 2.75) is 58.4 Å². The van der Waals surface area contributed by atoms with E-state index in [1.54, 1.807) is 0 Å². The summed E-state index contributed by atoms with van der Waals surface area (Å²) in [5, 5.41) is 12.1. The Hall–Kier alpha value is -0.310. The Labute approximate surface area is 86.7 Å². The average Bonchev–Trinajstić information content (AvgIpc) is 2.04. The molecule has 0 saturated carbocycles. The molecule has 0 unspecified atom stereocenters. The molecule has 3 heteroatoms. The number of nitrogens with one attached hydrogen (secondary N) is 1. The Morgan fingerprint density at radius 1 is 1.23 bits per heavy atom. The third kappa shape index (κ3) is 4.46. The Bertz CT molecular complexity index is 153. The van der Waals surface area contributed by atoms with Gasteiger partial charge in [0, 0.05) is 5.54 Å². The second-order valence-corrected chi connectivity index (χ2v) is 3.95. The highest BCUT2D eigenvalue weighted by Crippen LogP contribution is 2.23. The van der Waals surface area contributed by atoms with Crippen molar-refractivity contribution >= 4 is 17.4 Å². The van der Waals surface area contributed by atoms with Crippen molar-refractivity contribution in [3.8, 4) is 0 Å². The zero-order valence-electron chi connectivity index (χ0n) is 8.89. The molecule has 0 atom stereocenters. The van der Waals surface area contributed by atoms with Crippen LogP contribution >= 0.6 is 12.2 Å². The molecule has 0 bridgehead atoms. The SMILES string of the molecule is CCCC(CC)(CCC)NC(O)=S. The highest BCUT2D eigenvalue weighted by Gasteiger charge is 2.26. The summed E-state index contributed by atoms with van der Waals surface area (Å²) in [6, 6.07) is 0. The van der Waals surface area contributed by atoms with E-state index in [0.29, 0.717) is 0 Å². The molecule has 78 valence electrons. The number of aliphatic hydroxyl groups is 1. The van der Waals surface area contributed by atoms with Gasteiger partial charge in [-0.05, 0) is 31.5 Å². The van der Waals surface area contributed by atoms with Gasteiger partial charge in [-0.2, -0.15) is 0 Å². The molecule has 0 fully saturated rings. The maximum Gasteiger partial charge on any atom is 0.254 e. The summed E-state index contributed by atoms with van der Waals surface area (Å²) < 4.78 is 0. The molecular weight excluding hydrogens is 182 g/mol. The topological polar surface area (TPSA) is 32.3 Å². The Balaban J connectivity index is 4.33. The zero-order valence-corrected chi connectivity index (χ0v) is 9.71. The van der Waals surface area contributed by atoms with Crippen LogP contribution in [-0.4, -0.2) is 15.8 Å². The van der Waals surface area contributed by atoms with E-state index < -0.39 is 0 Å². The highest BCUT2D eigenvalue weighted by molar-refractivity contribution is 7.79. The molecular formula is C10H21NOS. The molecule has 0 amide bonds. The standard InChI is InChI=1S/C10H21NOS/c1-4-7-10(6-3,8-5-2)11-9(12)13/h4-8H2,1-3H3,(H2,11,12,13). The minimum Gasteiger partial charge on any atom is -0.487 e. The number of aliphatic hydroxyl groups excluding tert-OH is 1. The van der Waals surface area contributed by atoms with Crippen molar-refractivity contribution < 1.29 is 5.11 Å². The van der Waals surface area contributed by atoms with Gasteiger partial charge in [0.05, 0.1) is 0 Å². The quantitative estimate of drug-likeness (QED) is 0.650. The summed E-state index contributed by atoms with van der Waals surface area (Å²) in [4.78, 5) is 0. The molecule has 0 heterocycles. The number of hydrogen-bond acceptors (Lipinski definition) is 1. The van der Waals surface area contributed by atoms with Gasteiger partial charge in [0.15, 0.2) is 0 Å². The van der Waals surface area contributed by atoms with Crippen LogP contribution in [0.4, 0.5) is 0 Å². The Kier molecular flexibility index (Phi) is 6.04. The third-order valence-electron chi connectivity index (χ3n) is 2.51. The van der Waals surface area contributed by atoms with E-state index in [2.05, 4.69) is 38.3 Å². The van der Waals surface area contributed by atoms with Crippen molar-refractivity contribution in [3.63, 3.8) is 0 Å². The number of thiocarbonyl (C=S) groups is 1. The first-order chi connectivity index (χ1) is 6.10. The van der Waals surface area contributed by atoms with Crippen LogP contribution in [0.5, 0.6) is 0 Å². The van der Waals surface area contributed by atoms with E-state index >= 15 is 0 Å². The van der Waals surface area contributed by atoms with Crippen LogP contribution in [0.2, 0.25) is 0 Å². The van der Waals surface area contributed by atoms with E-state index in [1.807, 2.05) is 0 Å². The Morgan fingerprint density at radius 2 is 1.69 bits per heavy atom. The molecule has 2 N–H and O–H groups in total. The van der Waals surface area contributed by atoms with E-state index in [-0.39, 0.29) is 10.7 Å². The average molecular weight is 203 g/mol. The maximum atomic E-state index is 9.09. The minimum absolute atomic E-state index is 0.0231. The van der Waals surface area contributed by atoms with Crippen molar-refractivity contribution in [3.05, 3.63) is 0 Å². The molecule has 0 radical (unpaired) electrons. The van der Waals surface area contributed by atoms with Crippen molar-refractivity contribution in [1.29, 1.82) is 0 Å². The summed E-state index contributed by atoms with van der Waals surface area (Å²) in [6.45, 7) is 6.45. The number of hydrogen-bond donors (Lipinski definition) is 2. The lowest BCUT2D eigenvalue weighted by atomic mass is 9.86. The second kappa shape index (κ2) is 6.19. The van der Waals surface area contributed by atoms with Gasteiger partial charge < -0.3 is 10.4 Å². The van der Waals surface area contributed by atoms with Gasteiger partial charge in [-0.1, -0.05) is 33.6 Å². The van der Waals surface area contributed by atoms with E-state index in [1.165, 1.54) is 0 Å². The van der Waals surface area contributed by atoms with E-state index in [0.717, 1.165) is 32.1 Å². The fraction of sp³-hybridized carbons (Fsp3) is 0.900. The first-order valence-corrected chi connectivity index (χ1v) is 5.52. The molecule has 0 aliphatic rings. The summed E-state index contributed by atoms with van der Waals surface area (Å²) in [6.07, 6.45) is 5.37. The fourth-order valence-corrected chi connectivity index (χ4v) is 2.09. The predicted molar refractivity (Wildman–Crippen MR) is 61.2 cm³/mol.